The molecule has 1 aliphatic rings. The van der Waals surface area contributed by atoms with E-state index in [0.29, 0.717) is 24.3 Å². The zero-order valence-electron chi connectivity index (χ0n) is 14.3. The van der Waals surface area contributed by atoms with Gasteiger partial charge in [0.2, 0.25) is 0 Å². The molecule has 1 heterocycles. The van der Waals surface area contributed by atoms with E-state index in [2.05, 4.69) is 5.32 Å². The molecule has 25 heavy (non-hydrogen) atoms. The third kappa shape index (κ3) is 3.85. The summed E-state index contributed by atoms with van der Waals surface area (Å²) in [4.78, 5) is 24.1. The highest BCUT2D eigenvalue weighted by Gasteiger charge is 2.19. The van der Waals surface area contributed by atoms with Crippen molar-refractivity contribution in [2.75, 3.05) is 13.2 Å². The van der Waals surface area contributed by atoms with Crippen LogP contribution in [0.1, 0.15) is 37.3 Å². The third-order valence-corrected chi connectivity index (χ3v) is 4.51. The molecular formula is C19H23NO5. The van der Waals surface area contributed by atoms with E-state index in [-0.39, 0.29) is 18.1 Å². The molecule has 6 nitrogen and oxygen atoms in total. The van der Waals surface area contributed by atoms with Gasteiger partial charge < -0.3 is 19.6 Å². The van der Waals surface area contributed by atoms with E-state index in [4.69, 9.17) is 14.3 Å². The van der Waals surface area contributed by atoms with Crippen LogP contribution in [0.2, 0.25) is 0 Å². The smallest absolute Gasteiger partial charge is 0.339 e. The molecule has 0 fully saturated rings. The Kier molecular flexibility index (Phi) is 5.38. The van der Waals surface area contributed by atoms with Crippen molar-refractivity contribution in [2.24, 2.45) is 0 Å². The number of hydrogen-bond acceptors (Lipinski definition) is 5. The molecule has 1 amide bonds. The second-order valence-corrected chi connectivity index (χ2v) is 6.34. The fourth-order valence-electron chi connectivity index (χ4n) is 3.19. The summed E-state index contributed by atoms with van der Waals surface area (Å²) in [5, 5.41) is 12.4. The number of aliphatic hydroxyl groups is 1. The number of fused-ring (bicyclic) bond motifs is 3. The number of nitrogens with one attached hydrogen (secondary N) is 1. The standard InChI is InChI=1S/C19H23NO5/c1-12(18(22)20-9-4-10-21)24-13-7-8-15-14-5-2-3-6-16(14)19(23)25-17(15)11-13/h7-8,11-12,21H,2-6,9-10H2,1H3,(H,20,22). The Morgan fingerprint density at radius 1 is 1.32 bits per heavy atom. The maximum atomic E-state index is 12.2. The summed E-state index contributed by atoms with van der Waals surface area (Å²) in [5.74, 6) is 0.233. The van der Waals surface area contributed by atoms with Crippen LogP contribution >= 0.6 is 0 Å². The topological polar surface area (TPSA) is 88.8 Å². The lowest BCUT2D eigenvalue weighted by atomic mass is 9.91. The summed E-state index contributed by atoms with van der Waals surface area (Å²) in [7, 11) is 0. The van der Waals surface area contributed by atoms with Gasteiger partial charge >= 0.3 is 5.63 Å². The van der Waals surface area contributed by atoms with Crippen molar-refractivity contribution < 1.29 is 19.1 Å². The average molecular weight is 345 g/mol. The fourth-order valence-corrected chi connectivity index (χ4v) is 3.19. The van der Waals surface area contributed by atoms with Crippen LogP contribution in [0.15, 0.2) is 27.4 Å². The number of rotatable bonds is 6. The molecule has 2 N–H and O–H groups in total. The highest BCUT2D eigenvalue weighted by molar-refractivity contribution is 5.83. The summed E-state index contributed by atoms with van der Waals surface area (Å²) >= 11 is 0. The molecule has 1 aliphatic carbocycles. The first kappa shape index (κ1) is 17.5. The number of amides is 1. The molecule has 3 rings (SSSR count). The summed E-state index contributed by atoms with van der Waals surface area (Å²) in [5.41, 5.74) is 2.10. The molecule has 134 valence electrons. The van der Waals surface area contributed by atoms with Gasteiger partial charge in [0, 0.05) is 30.2 Å². The maximum absolute atomic E-state index is 12.2. The van der Waals surface area contributed by atoms with E-state index in [9.17, 15) is 9.59 Å². The van der Waals surface area contributed by atoms with Crippen molar-refractivity contribution in [2.45, 2.75) is 45.1 Å². The predicted octanol–water partition coefficient (Wildman–Crippen LogP) is 1.94. The number of aryl methyl sites for hydroxylation is 1. The van der Waals surface area contributed by atoms with E-state index in [1.54, 1.807) is 19.1 Å². The second kappa shape index (κ2) is 7.70. The van der Waals surface area contributed by atoms with E-state index in [1.165, 1.54) is 0 Å². The lowest BCUT2D eigenvalue weighted by molar-refractivity contribution is -0.127. The predicted molar refractivity (Wildman–Crippen MR) is 93.9 cm³/mol. The van der Waals surface area contributed by atoms with Gasteiger partial charge in [-0.2, -0.15) is 0 Å². The molecule has 1 aromatic heterocycles. The zero-order valence-corrected chi connectivity index (χ0v) is 14.3. The van der Waals surface area contributed by atoms with E-state index in [0.717, 1.165) is 42.2 Å². The van der Waals surface area contributed by atoms with Crippen LogP contribution in [0.3, 0.4) is 0 Å². The fraction of sp³-hybridized carbons (Fsp3) is 0.474. The molecule has 1 aromatic carbocycles. The Bertz CT molecular complexity index is 826. The molecule has 0 aliphatic heterocycles. The molecular weight excluding hydrogens is 322 g/mol. The van der Waals surface area contributed by atoms with Crippen molar-refractivity contribution in [3.05, 3.63) is 39.7 Å². The molecule has 0 saturated heterocycles. The van der Waals surface area contributed by atoms with Crippen LogP contribution in [0.25, 0.3) is 11.0 Å². The molecule has 0 radical (unpaired) electrons. The minimum atomic E-state index is -0.680. The minimum Gasteiger partial charge on any atom is -0.481 e. The van der Waals surface area contributed by atoms with Crippen LogP contribution in [0, 0.1) is 0 Å². The molecule has 0 spiro atoms. The monoisotopic (exact) mass is 345 g/mol. The van der Waals surface area contributed by atoms with Gasteiger partial charge in [0.25, 0.3) is 5.91 Å². The van der Waals surface area contributed by atoms with Gasteiger partial charge in [-0.1, -0.05) is 0 Å². The van der Waals surface area contributed by atoms with Gasteiger partial charge in [0.15, 0.2) is 6.10 Å². The number of hydrogen-bond donors (Lipinski definition) is 2. The van der Waals surface area contributed by atoms with Crippen molar-refractivity contribution in [1.29, 1.82) is 0 Å². The Morgan fingerprint density at radius 3 is 2.84 bits per heavy atom. The Hall–Kier alpha value is -2.34. The molecule has 0 saturated carbocycles. The number of ether oxygens (including phenoxy) is 1. The summed E-state index contributed by atoms with van der Waals surface area (Å²) in [6, 6.07) is 5.37. The molecule has 6 heteroatoms. The Labute approximate surface area is 145 Å². The van der Waals surface area contributed by atoms with Gasteiger partial charge in [0.1, 0.15) is 11.3 Å². The van der Waals surface area contributed by atoms with Gasteiger partial charge in [0.05, 0.1) is 0 Å². The van der Waals surface area contributed by atoms with E-state index in [1.807, 2.05) is 6.07 Å². The number of aliphatic hydroxyl groups excluding tert-OH is 1. The van der Waals surface area contributed by atoms with Crippen LogP contribution in [-0.2, 0) is 17.6 Å². The highest BCUT2D eigenvalue weighted by Crippen LogP contribution is 2.29. The van der Waals surface area contributed by atoms with Crippen molar-refractivity contribution >= 4 is 16.9 Å². The van der Waals surface area contributed by atoms with Crippen LogP contribution in [-0.4, -0.2) is 30.3 Å². The normalized spacial score (nSPS) is 14.8. The lowest BCUT2D eigenvalue weighted by Gasteiger charge is -2.17. The second-order valence-electron chi connectivity index (χ2n) is 6.34. The maximum Gasteiger partial charge on any atom is 0.339 e. The van der Waals surface area contributed by atoms with E-state index < -0.39 is 6.10 Å². The summed E-state index contributed by atoms with van der Waals surface area (Å²) in [6.45, 7) is 2.09. The molecule has 1 atom stereocenters. The Balaban J connectivity index is 1.80. The van der Waals surface area contributed by atoms with Crippen molar-refractivity contribution in [3.8, 4) is 5.75 Å². The highest BCUT2D eigenvalue weighted by atomic mass is 16.5. The first-order chi connectivity index (χ1) is 12.1. The lowest BCUT2D eigenvalue weighted by Crippen LogP contribution is -2.37. The quantitative estimate of drug-likeness (QED) is 0.617. The zero-order chi connectivity index (χ0) is 17.8. The van der Waals surface area contributed by atoms with E-state index >= 15 is 0 Å². The first-order valence-electron chi connectivity index (χ1n) is 8.74. The van der Waals surface area contributed by atoms with Crippen molar-refractivity contribution in [1.82, 2.24) is 5.32 Å². The number of benzene rings is 1. The van der Waals surface area contributed by atoms with Gasteiger partial charge in [-0.3, -0.25) is 4.79 Å². The molecule has 2 aromatic rings. The SMILES string of the molecule is CC(Oc1ccc2c3c(c(=O)oc2c1)CCCC3)C(=O)NCCCO. The number of carbonyl (C=O) groups is 1. The Morgan fingerprint density at radius 2 is 2.08 bits per heavy atom. The molecule has 1 unspecified atom stereocenters. The largest absolute Gasteiger partial charge is 0.481 e. The van der Waals surface area contributed by atoms with Crippen LogP contribution in [0.4, 0.5) is 0 Å². The summed E-state index contributed by atoms with van der Waals surface area (Å²) in [6.07, 6.45) is 3.59. The average Bonchev–Trinajstić information content (AvgIpc) is 2.62. The minimum absolute atomic E-state index is 0.0313. The number of carbonyl (C=O) groups excluding carboxylic acids is 1. The van der Waals surface area contributed by atoms with Gasteiger partial charge in [-0.25, -0.2) is 4.79 Å². The van der Waals surface area contributed by atoms with Gasteiger partial charge in [-0.05, 0) is 56.7 Å². The summed E-state index contributed by atoms with van der Waals surface area (Å²) < 4.78 is 11.1. The van der Waals surface area contributed by atoms with Gasteiger partial charge in [-0.15, -0.1) is 0 Å². The van der Waals surface area contributed by atoms with Crippen LogP contribution in [0.5, 0.6) is 5.75 Å². The molecule has 0 bridgehead atoms. The third-order valence-electron chi connectivity index (χ3n) is 4.51. The first-order valence-corrected chi connectivity index (χ1v) is 8.74. The van der Waals surface area contributed by atoms with Crippen molar-refractivity contribution in [3.63, 3.8) is 0 Å². The van der Waals surface area contributed by atoms with Crippen LogP contribution < -0.4 is 15.7 Å².